The number of ether oxygens (including phenoxy) is 3. The molecule has 0 spiro atoms. The Kier molecular flexibility index (Phi) is 10.9. The van der Waals surface area contributed by atoms with E-state index < -0.39 is 11.5 Å². The van der Waals surface area contributed by atoms with Gasteiger partial charge in [0.1, 0.15) is 11.4 Å². The number of urea groups is 1. The molecule has 2 aromatic carbocycles. The van der Waals surface area contributed by atoms with Crippen LogP contribution in [0.15, 0.2) is 66.3 Å². The quantitative estimate of drug-likeness (QED) is 0.269. The molecule has 1 fully saturated rings. The highest BCUT2D eigenvalue weighted by Crippen LogP contribution is 2.45. The van der Waals surface area contributed by atoms with E-state index in [0.717, 1.165) is 44.3 Å². The number of nitrogens with two attached hydrogens (primary N) is 1. The molecule has 3 amide bonds. The molecule has 43 heavy (non-hydrogen) atoms. The smallest absolute Gasteiger partial charge is 0.319 e. The average Bonchev–Trinajstić information content (AvgIpc) is 3.00. The van der Waals surface area contributed by atoms with Crippen molar-refractivity contribution in [1.82, 2.24) is 10.2 Å². The topological polar surface area (TPSA) is 115 Å². The first kappa shape index (κ1) is 32.1. The number of nitrogens with zero attached hydrogens (tertiary/aromatic N) is 1. The Labute approximate surface area is 255 Å². The lowest BCUT2D eigenvalue weighted by Gasteiger charge is -2.41. The van der Waals surface area contributed by atoms with Gasteiger partial charge in [0.25, 0.3) is 0 Å². The summed E-state index contributed by atoms with van der Waals surface area (Å²) in [5, 5.41) is 5.90. The van der Waals surface area contributed by atoms with Gasteiger partial charge in [-0.25, -0.2) is 4.79 Å². The number of carbonyl (C=O) groups is 2. The summed E-state index contributed by atoms with van der Waals surface area (Å²) in [6, 6.07) is 13.3. The predicted octanol–water partition coefficient (Wildman–Crippen LogP) is 6.25. The Balaban J connectivity index is 1.64. The second-order valence-corrected chi connectivity index (χ2v) is 11.5. The van der Waals surface area contributed by atoms with Crippen molar-refractivity contribution in [2.75, 3.05) is 25.5 Å². The van der Waals surface area contributed by atoms with Crippen LogP contribution in [0.4, 0.5) is 10.5 Å². The van der Waals surface area contributed by atoms with Gasteiger partial charge in [0.15, 0.2) is 11.5 Å². The second-order valence-electron chi connectivity index (χ2n) is 11.5. The third-order valence-electron chi connectivity index (χ3n) is 8.33. The maximum absolute atomic E-state index is 12.6. The van der Waals surface area contributed by atoms with Crippen molar-refractivity contribution in [2.45, 2.75) is 83.6 Å². The predicted molar refractivity (Wildman–Crippen MR) is 170 cm³/mol. The van der Waals surface area contributed by atoms with Crippen molar-refractivity contribution in [2.24, 2.45) is 5.73 Å². The van der Waals surface area contributed by atoms with Crippen molar-refractivity contribution < 1.29 is 23.8 Å². The average molecular weight is 591 g/mol. The van der Waals surface area contributed by atoms with Crippen LogP contribution >= 0.6 is 0 Å². The molecule has 1 atom stereocenters. The van der Waals surface area contributed by atoms with E-state index in [1.807, 2.05) is 50.3 Å². The van der Waals surface area contributed by atoms with Gasteiger partial charge >= 0.3 is 6.03 Å². The molecule has 4 N–H and O–H groups in total. The van der Waals surface area contributed by atoms with E-state index in [1.165, 1.54) is 0 Å². The standard InChI is InChI=1S/C34H46N4O5/c1-6-25(7-2)36-33(40)37-26-12-13-30(41-5)31(22-26)42-29-11-9-8-10-28(29)34(18-14-24(15-19-34)32(35)39)43-27-16-20-38(21-17-27)23(3)4/h8-15,18,22-23,25,27H,6-7,16-17,19-21H2,1-5H3,(H2,35,39)(H2,36,37,40). The zero-order valence-electron chi connectivity index (χ0n) is 26.0. The highest BCUT2D eigenvalue weighted by molar-refractivity contribution is 5.95. The molecule has 2 aromatic rings. The van der Waals surface area contributed by atoms with Gasteiger partial charge < -0.3 is 35.5 Å². The van der Waals surface area contributed by atoms with Crippen LogP contribution in [-0.2, 0) is 15.1 Å². The van der Waals surface area contributed by atoms with Crippen molar-refractivity contribution in [1.29, 1.82) is 0 Å². The van der Waals surface area contributed by atoms with Gasteiger partial charge in [0, 0.05) is 54.5 Å². The van der Waals surface area contributed by atoms with Gasteiger partial charge in [0.2, 0.25) is 5.91 Å². The number of likely N-dealkylation sites (tertiary alicyclic amines) is 1. The number of carbonyl (C=O) groups excluding carboxylic acids is 2. The van der Waals surface area contributed by atoms with Crippen LogP contribution in [-0.4, -0.2) is 55.2 Å². The van der Waals surface area contributed by atoms with E-state index in [2.05, 4.69) is 29.4 Å². The van der Waals surface area contributed by atoms with Crippen molar-refractivity contribution >= 4 is 17.6 Å². The Hall–Kier alpha value is -3.82. The summed E-state index contributed by atoms with van der Waals surface area (Å²) in [7, 11) is 1.58. The van der Waals surface area contributed by atoms with Gasteiger partial charge in [0.05, 0.1) is 13.2 Å². The van der Waals surface area contributed by atoms with Crippen LogP contribution in [0.2, 0.25) is 0 Å². The summed E-state index contributed by atoms with van der Waals surface area (Å²) in [6.45, 7) is 10.4. The molecule has 0 bridgehead atoms. The van der Waals surface area contributed by atoms with Gasteiger partial charge in [-0.05, 0) is 63.8 Å². The maximum Gasteiger partial charge on any atom is 0.319 e. The Bertz CT molecular complexity index is 1330. The number of hydrogen-bond acceptors (Lipinski definition) is 6. The second kappa shape index (κ2) is 14.6. The SMILES string of the molecule is CCC(CC)NC(=O)Nc1ccc(OC)c(Oc2ccccc2C2(OC3CCN(C(C)C)CC3)C=CC(C(N)=O)=CC2)c1. The molecular formula is C34H46N4O5. The molecule has 1 unspecified atom stereocenters. The van der Waals surface area contributed by atoms with Crippen LogP contribution in [0.25, 0.3) is 0 Å². The van der Waals surface area contributed by atoms with E-state index in [0.29, 0.717) is 41.0 Å². The van der Waals surface area contributed by atoms with Crippen molar-refractivity contribution in [3.63, 3.8) is 0 Å². The molecular weight excluding hydrogens is 544 g/mol. The third-order valence-corrected chi connectivity index (χ3v) is 8.33. The Morgan fingerprint density at radius 3 is 2.37 bits per heavy atom. The van der Waals surface area contributed by atoms with Crippen LogP contribution in [0.5, 0.6) is 17.2 Å². The minimum absolute atomic E-state index is 0.0341. The lowest BCUT2D eigenvalue weighted by atomic mass is 9.84. The van der Waals surface area contributed by atoms with E-state index >= 15 is 0 Å². The molecule has 1 aliphatic heterocycles. The molecule has 232 valence electrons. The fraction of sp³-hybridized carbons (Fsp3) is 0.471. The van der Waals surface area contributed by atoms with Crippen LogP contribution in [0, 0.1) is 0 Å². The molecule has 4 rings (SSSR count). The fourth-order valence-electron chi connectivity index (χ4n) is 5.67. The van der Waals surface area contributed by atoms with E-state index in [-0.39, 0.29) is 18.2 Å². The molecule has 1 saturated heterocycles. The molecule has 0 aromatic heterocycles. The van der Waals surface area contributed by atoms with Crippen LogP contribution in [0.3, 0.4) is 0 Å². The fourth-order valence-corrected chi connectivity index (χ4v) is 5.67. The first-order valence-electron chi connectivity index (χ1n) is 15.3. The lowest BCUT2D eigenvalue weighted by molar-refractivity contribution is -0.114. The number of rotatable bonds is 12. The normalized spacial score (nSPS) is 19.3. The number of anilines is 1. The lowest BCUT2D eigenvalue weighted by Crippen LogP contribution is -2.44. The summed E-state index contributed by atoms with van der Waals surface area (Å²) >= 11 is 0. The number of para-hydroxylation sites is 1. The zero-order valence-corrected chi connectivity index (χ0v) is 26.0. The Morgan fingerprint density at radius 2 is 1.77 bits per heavy atom. The monoisotopic (exact) mass is 590 g/mol. The number of nitrogens with one attached hydrogen (secondary N) is 2. The van der Waals surface area contributed by atoms with Crippen molar-refractivity contribution in [3.05, 3.63) is 71.8 Å². The maximum atomic E-state index is 12.6. The van der Waals surface area contributed by atoms with Gasteiger partial charge in [-0.1, -0.05) is 44.2 Å². The first-order valence-corrected chi connectivity index (χ1v) is 15.3. The summed E-state index contributed by atoms with van der Waals surface area (Å²) in [6.07, 6.45) is 9.50. The number of methoxy groups -OCH3 is 1. The van der Waals surface area contributed by atoms with Gasteiger partial charge in [-0.2, -0.15) is 0 Å². The highest BCUT2D eigenvalue weighted by atomic mass is 16.5. The first-order chi connectivity index (χ1) is 20.7. The third kappa shape index (κ3) is 7.97. The number of piperidine rings is 1. The number of hydrogen-bond donors (Lipinski definition) is 3. The Morgan fingerprint density at radius 1 is 1.05 bits per heavy atom. The molecule has 9 heteroatoms. The minimum atomic E-state index is -0.863. The number of benzene rings is 2. The zero-order chi connectivity index (χ0) is 31.0. The molecule has 1 aliphatic carbocycles. The van der Waals surface area contributed by atoms with E-state index in [9.17, 15) is 9.59 Å². The number of primary amides is 1. The van der Waals surface area contributed by atoms with Gasteiger partial charge in [-0.3, -0.25) is 4.79 Å². The van der Waals surface area contributed by atoms with Crippen LogP contribution < -0.4 is 25.8 Å². The largest absolute Gasteiger partial charge is 0.493 e. The highest BCUT2D eigenvalue weighted by Gasteiger charge is 2.38. The summed E-state index contributed by atoms with van der Waals surface area (Å²) in [4.78, 5) is 27.0. The van der Waals surface area contributed by atoms with E-state index in [1.54, 1.807) is 31.4 Å². The van der Waals surface area contributed by atoms with Crippen LogP contribution in [0.1, 0.15) is 65.4 Å². The molecule has 0 saturated carbocycles. The molecule has 9 nitrogen and oxygen atoms in total. The molecule has 2 aliphatic rings. The summed E-state index contributed by atoms with van der Waals surface area (Å²) < 4.78 is 19.1. The summed E-state index contributed by atoms with van der Waals surface area (Å²) in [5.74, 6) is 1.08. The summed E-state index contributed by atoms with van der Waals surface area (Å²) in [5.41, 5.74) is 6.59. The van der Waals surface area contributed by atoms with E-state index in [4.69, 9.17) is 19.9 Å². The molecule has 1 heterocycles. The number of amides is 3. The van der Waals surface area contributed by atoms with Crippen molar-refractivity contribution in [3.8, 4) is 17.2 Å². The minimum Gasteiger partial charge on any atom is -0.493 e. The van der Waals surface area contributed by atoms with Gasteiger partial charge in [-0.15, -0.1) is 0 Å². The molecule has 0 radical (unpaired) electrons.